The van der Waals surface area contributed by atoms with Crippen LogP contribution in [0.4, 0.5) is 0 Å². The molecule has 1 heterocycles. The fourth-order valence-corrected chi connectivity index (χ4v) is 1.54. The van der Waals surface area contributed by atoms with E-state index in [-0.39, 0.29) is 5.78 Å². The summed E-state index contributed by atoms with van der Waals surface area (Å²) < 4.78 is 1.63. The summed E-state index contributed by atoms with van der Waals surface area (Å²) >= 11 is 0. The van der Waals surface area contributed by atoms with Gasteiger partial charge in [0.2, 0.25) is 5.78 Å². The van der Waals surface area contributed by atoms with Crippen molar-refractivity contribution in [2.24, 2.45) is 0 Å². The Bertz CT molecular complexity index is 500. The van der Waals surface area contributed by atoms with Gasteiger partial charge in [-0.3, -0.25) is 4.79 Å². The zero-order chi connectivity index (χ0) is 11.4. The number of hydrogen-bond acceptors (Lipinski definition) is 2. The predicted octanol–water partition coefficient (Wildman–Crippen LogP) is 2.41. The van der Waals surface area contributed by atoms with Crippen LogP contribution in [0.3, 0.4) is 0 Å². The van der Waals surface area contributed by atoms with Crippen LogP contribution in [0.5, 0.6) is 0 Å². The predicted molar refractivity (Wildman–Crippen MR) is 63.1 cm³/mol. The maximum absolute atomic E-state index is 11.9. The Labute approximate surface area is 94.1 Å². The SMILES string of the molecule is C=Cn1ccnc1C(=O)Cc1ccccc1. The van der Waals surface area contributed by atoms with Crippen molar-refractivity contribution in [1.29, 1.82) is 0 Å². The molecule has 0 atom stereocenters. The van der Waals surface area contributed by atoms with Gasteiger partial charge in [0, 0.05) is 25.0 Å². The van der Waals surface area contributed by atoms with Gasteiger partial charge in [0.1, 0.15) is 0 Å². The standard InChI is InChI=1S/C13H12N2O/c1-2-15-9-8-14-13(15)12(16)10-11-6-4-3-5-7-11/h2-9H,1,10H2. The average molecular weight is 212 g/mol. The Hall–Kier alpha value is -2.16. The Morgan fingerprint density at radius 1 is 1.38 bits per heavy atom. The summed E-state index contributed by atoms with van der Waals surface area (Å²) in [5.41, 5.74) is 0.992. The highest BCUT2D eigenvalue weighted by Gasteiger charge is 2.11. The smallest absolute Gasteiger partial charge is 0.202 e. The van der Waals surface area contributed by atoms with Gasteiger partial charge in [-0.05, 0) is 5.56 Å². The average Bonchev–Trinajstić information content (AvgIpc) is 2.78. The van der Waals surface area contributed by atoms with Gasteiger partial charge in [0.05, 0.1) is 0 Å². The van der Waals surface area contributed by atoms with Crippen LogP contribution in [0.15, 0.2) is 49.3 Å². The minimum Gasteiger partial charge on any atom is -0.305 e. The second kappa shape index (κ2) is 4.57. The summed E-state index contributed by atoms with van der Waals surface area (Å²) in [5, 5.41) is 0. The van der Waals surface area contributed by atoms with Gasteiger partial charge < -0.3 is 4.57 Å². The Morgan fingerprint density at radius 2 is 2.12 bits per heavy atom. The van der Waals surface area contributed by atoms with E-state index in [4.69, 9.17) is 0 Å². The fraction of sp³-hybridized carbons (Fsp3) is 0.0769. The Kier molecular flexibility index (Phi) is 2.96. The molecule has 80 valence electrons. The lowest BCUT2D eigenvalue weighted by atomic mass is 10.1. The van der Waals surface area contributed by atoms with Gasteiger partial charge in [0.25, 0.3) is 0 Å². The number of aromatic nitrogens is 2. The normalized spacial score (nSPS) is 10.0. The van der Waals surface area contributed by atoms with E-state index in [1.54, 1.807) is 23.2 Å². The first-order valence-corrected chi connectivity index (χ1v) is 5.04. The lowest BCUT2D eigenvalue weighted by Crippen LogP contribution is -2.09. The van der Waals surface area contributed by atoms with Crippen LogP contribution >= 0.6 is 0 Å². The van der Waals surface area contributed by atoms with Gasteiger partial charge in [-0.2, -0.15) is 0 Å². The molecule has 0 bridgehead atoms. The van der Waals surface area contributed by atoms with E-state index < -0.39 is 0 Å². The number of benzene rings is 1. The second-order valence-electron chi connectivity index (χ2n) is 3.43. The highest BCUT2D eigenvalue weighted by atomic mass is 16.1. The molecule has 0 amide bonds. The van der Waals surface area contributed by atoms with Gasteiger partial charge in [0.15, 0.2) is 5.82 Å². The van der Waals surface area contributed by atoms with Gasteiger partial charge in [-0.15, -0.1) is 0 Å². The van der Waals surface area contributed by atoms with Crippen molar-refractivity contribution in [3.05, 3.63) is 60.7 Å². The van der Waals surface area contributed by atoms with E-state index in [1.807, 2.05) is 30.3 Å². The molecule has 1 aromatic heterocycles. The van der Waals surface area contributed by atoms with Gasteiger partial charge in [-0.1, -0.05) is 36.9 Å². The third-order valence-electron chi connectivity index (χ3n) is 2.32. The molecule has 0 spiro atoms. The molecule has 0 aliphatic carbocycles. The zero-order valence-electron chi connectivity index (χ0n) is 8.84. The first-order valence-electron chi connectivity index (χ1n) is 5.04. The summed E-state index contributed by atoms with van der Waals surface area (Å²) in [6.45, 7) is 3.62. The maximum atomic E-state index is 11.9. The van der Waals surface area contributed by atoms with E-state index in [1.165, 1.54) is 0 Å². The van der Waals surface area contributed by atoms with Crippen molar-refractivity contribution in [3.8, 4) is 0 Å². The quantitative estimate of drug-likeness (QED) is 0.729. The lowest BCUT2D eigenvalue weighted by molar-refractivity contribution is 0.0982. The van der Waals surface area contributed by atoms with Crippen LogP contribution in [0.25, 0.3) is 6.20 Å². The van der Waals surface area contributed by atoms with Crippen LogP contribution in [0.1, 0.15) is 16.2 Å². The summed E-state index contributed by atoms with van der Waals surface area (Å²) in [6, 6.07) is 9.63. The van der Waals surface area contributed by atoms with Crippen LogP contribution in [-0.2, 0) is 6.42 Å². The molecule has 3 nitrogen and oxygen atoms in total. The van der Waals surface area contributed by atoms with Gasteiger partial charge >= 0.3 is 0 Å². The number of carbonyl (C=O) groups is 1. The molecular formula is C13H12N2O. The number of ketones is 1. The topological polar surface area (TPSA) is 34.9 Å². The number of Topliss-reactive ketones (excluding diaryl/α,β-unsaturated/α-hetero) is 1. The highest BCUT2D eigenvalue weighted by molar-refractivity contribution is 5.94. The van der Waals surface area contributed by atoms with E-state index in [0.29, 0.717) is 12.2 Å². The number of imidazole rings is 1. The van der Waals surface area contributed by atoms with Crippen molar-refractivity contribution >= 4 is 12.0 Å². The van der Waals surface area contributed by atoms with E-state index in [2.05, 4.69) is 11.6 Å². The highest BCUT2D eigenvalue weighted by Crippen LogP contribution is 2.06. The number of rotatable bonds is 4. The van der Waals surface area contributed by atoms with Crippen LogP contribution in [0, 0.1) is 0 Å². The van der Waals surface area contributed by atoms with Crippen molar-refractivity contribution in [3.63, 3.8) is 0 Å². The van der Waals surface area contributed by atoms with E-state index >= 15 is 0 Å². The Balaban J connectivity index is 2.18. The fourth-order valence-electron chi connectivity index (χ4n) is 1.54. The second-order valence-corrected chi connectivity index (χ2v) is 3.43. The van der Waals surface area contributed by atoms with Crippen molar-refractivity contribution < 1.29 is 4.79 Å². The minimum absolute atomic E-state index is 0.00361. The molecule has 2 aromatic rings. The summed E-state index contributed by atoms with van der Waals surface area (Å²) in [4.78, 5) is 15.9. The number of carbonyl (C=O) groups excluding carboxylic acids is 1. The molecule has 0 saturated carbocycles. The zero-order valence-corrected chi connectivity index (χ0v) is 8.84. The van der Waals surface area contributed by atoms with Gasteiger partial charge in [-0.25, -0.2) is 4.98 Å². The van der Waals surface area contributed by atoms with Crippen LogP contribution in [0.2, 0.25) is 0 Å². The lowest BCUT2D eigenvalue weighted by Gasteiger charge is -2.01. The largest absolute Gasteiger partial charge is 0.305 e. The molecule has 1 aromatic carbocycles. The molecule has 0 radical (unpaired) electrons. The third-order valence-corrected chi connectivity index (χ3v) is 2.32. The molecule has 0 fully saturated rings. The first-order chi connectivity index (χ1) is 7.81. The molecule has 3 heteroatoms. The van der Waals surface area contributed by atoms with Crippen molar-refractivity contribution in [2.45, 2.75) is 6.42 Å². The minimum atomic E-state index is -0.00361. The molecule has 0 aliphatic heterocycles. The summed E-state index contributed by atoms with van der Waals surface area (Å²) in [6.07, 6.45) is 5.25. The molecule has 0 saturated heterocycles. The van der Waals surface area contributed by atoms with Crippen molar-refractivity contribution in [1.82, 2.24) is 9.55 Å². The molecule has 16 heavy (non-hydrogen) atoms. The van der Waals surface area contributed by atoms with E-state index in [9.17, 15) is 4.79 Å². The maximum Gasteiger partial charge on any atom is 0.202 e. The number of nitrogens with zero attached hydrogens (tertiary/aromatic N) is 2. The number of hydrogen-bond donors (Lipinski definition) is 0. The molecule has 0 N–H and O–H groups in total. The summed E-state index contributed by atoms with van der Waals surface area (Å²) in [5.74, 6) is 0.426. The Morgan fingerprint density at radius 3 is 2.81 bits per heavy atom. The molecule has 0 unspecified atom stereocenters. The van der Waals surface area contributed by atoms with E-state index in [0.717, 1.165) is 5.56 Å². The van der Waals surface area contributed by atoms with Crippen LogP contribution in [-0.4, -0.2) is 15.3 Å². The monoisotopic (exact) mass is 212 g/mol. The molecular weight excluding hydrogens is 200 g/mol. The van der Waals surface area contributed by atoms with Crippen molar-refractivity contribution in [2.75, 3.05) is 0 Å². The molecule has 0 aliphatic rings. The van der Waals surface area contributed by atoms with Crippen LogP contribution < -0.4 is 0 Å². The summed E-state index contributed by atoms with van der Waals surface area (Å²) in [7, 11) is 0. The third kappa shape index (κ3) is 2.08. The molecule has 2 rings (SSSR count). The first kappa shape index (κ1) is 10.4.